The highest BCUT2D eigenvalue weighted by molar-refractivity contribution is 5.77. The highest BCUT2D eigenvalue weighted by atomic mass is 19.1. The van der Waals surface area contributed by atoms with Crippen molar-refractivity contribution in [3.8, 4) is 0 Å². The van der Waals surface area contributed by atoms with E-state index >= 15 is 0 Å². The van der Waals surface area contributed by atoms with Crippen LogP contribution in [0.1, 0.15) is 18.5 Å². The van der Waals surface area contributed by atoms with Gasteiger partial charge in [-0.05, 0) is 24.6 Å². The fourth-order valence-corrected chi connectivity index (χ4v) is 2.59. The number of hydrogen-bond donors (Lipinski definition) is 0. The van der Waals surface area contributed by atoms with E-state index in [9.17, 15) is 9.18 Å². The molecule has 1 fully saturated rings. The van der Waals surface area contributed by atoms with E-state index in [2.05, 4.69) is 16.7 Å². The maximum atomic E-state index is 13.0. The molecule has 0 aliphatic carbocycles. The van der Waals surface area contributed by atoms with Crippen molar-refractivity contribution < 1.29 is 9.18 Å². The number of likely N-dealkylation sites (N-methyl/N-ethyl adjacent to an activating group) is 1. The van der Waals surface area contributed by atoms with Crippen LogP contribution in [-0.4, -0.2) is 67.4 Å². The molecule has 1 heterocycles. The van der Waals surface area contributed by atoms with Gasteiger partial charge in [-0.3, -0.25) is 14.6 Å². The topological polar surface area (TPSA) is 26.8 Å². The molecule has 1 amide bonds. The van der Waals surface area contributed by atoms with Gasteiger partial charge in [-0.1, -0.05) is 12.1 Å². The third-order valence-electron chi connectivity index (χ3n) is 4.16. The monoisotopic (exact) mass is 293 g/mol. The van der Waals surface area contributed by atoms with Gasteiger partial charge in [0.2, 0.25) is 5.91 Å². The van der Waals surface area contributed by atoms with Crippen molar-refractivity contribution in [2.75, 3.05) is 46.8 Å². The van der Waals surface area contributed by atoms with Gasteiger partial charge in [0.15, 0.2) is 0 Å². The summed E-state index contributed by atoms with van der Waals surface area (Å²) in [7, 11) is 3.57. The molecule has 0 radical (unpaired) electrons. The van der Waals surface area contributed by atoms with E-state index in [1.54, 1.807) is 19.0 Å². The van der Waals surface area contributed by atoms with E-state index in [0.29, 0.717) is 6.54 Å². The molecule has 116 valence electrons. The molecular weight excluding hydrogens is 269 g/mol. The summed E-state index contributed by atoms with van der Waals surface area (Å²) in [4.78, 5) is 17.9. The maximum Gasteiger partial charge on any atom is 0.236 e. The molecule has 1 unspecified atom stereocenters. The number of hydrogen-bond acceptors (Lipinski definition) is 3. The second-order valence-corrected chi connectivity index (χ2v) is 5.83. The molecule has 0 spiro atoms. The lowest BCUT2D eigenvalue weighted by Gasteiger charge is -2.38. The van der Waals surface area contributed by atoms with Gasteiger partial charge in [-0.2, -0.15) is 0 Å². The van der Waals surface area contributed by atoms with E-state index < -0.39 is 0 Å². The highest BCUT2D eigenvalue weighted by Gasteiger charge is 2.23. The first-order valence-electron chi connectivity index (χ1n) is 7.39. The Kier molecular flexibility index (Phi) is 5.31. The van der Waals surface area contributed by atoms with E-state index in [1.807, 2.05) is 12.1 Å². The van der Waals surface area contributed by atoms with Crippen molar-refractivity contribution in [2.45, 2.75) is 13.0 Å². The Hall–Kier alpha value is -1.46. The number of carbonyl (C=O) groups excluding carboxylic acids is 1. The predicted molar refractivity (Wildman–Crippen MR) is 81.5 cm³/mol. The smallest absolute Gasteiger partial charge is 0.236 e. The van der Waals surface area contributed by atoms with Gasteiger partial charge in [-0.15, -0.1) is 0 Å². The number of benzene rings is 1. The number of amides is 1. The van der Waals surface area contributed by atoms with E-state index in [4.69, 9.17) is 0 Å². The third kappa shape index (κ3) is 4.25. The lowest BCUT2D eigenvalue weighted by atomic mass is 10.1. The molecule has 0 saturated carbocycles. The molecule has 0 N–H and O–H groups in total. The average Bonchev–Trinajstić information content (AvgIpc) is 2.48. The second kappa shape index (κ2) is 7.00. The molecule has 21 heavy (non-hydrogen) atoms. The van der Waals surface area contributed by atoms with Crippen molar-refractivity contribution in [1.82, 2.24) is 14.7 Å². The molecule has 1 aromatic rings. The van der Waals surface area contributed by atoms with Crippen molar-refractivity contribution in [1.29, 1.82) is 0 Å². The third-order valence-corrected chi connectivity index (χ3v) is 4.16. The van der Waals surface area contributed by atoms with Crippen LogP contribution in [0.5, 0.6) is 0 Å². The lowest BCUT2D eigenvalue weighted by Crippen LogP contribution is -2.49. The van der Waals surface area contributed by atoms with Crippen LogP contribution in [-0.2, 0) is 4.79 Å². The zero-order chi connectivity index (χ0) is 15.4. The van der Waals surface area contributed by atoms with Gasteiger partial charge in [0, 0.05) is 46.3 Å². The Balaban J connectivity index is 1.86. The lowest BCUT2D eigenvalue weighted by molar-refractivity contribution is -0.130. The zero-order valence-electron chi connectivity index (χ0n) is 13.1. The molecule has 1 saturated heterocycles. The van der Waals surface area contributed by atoms with Gasteiger partial charge < -0.3 is 4.90 Å². The van der Waals surface area contributed by atoms with Crippen molar-refractivity contribution in [2.24, 2.45) is 0 Å². The summed E-state index contributed by atoms with van der Waals surface area (Å²) in [6.45, 7) is 6.29. The molecule has 1 aliphatic heterocycles. The maximum absolute atomic E-state index is 13.0. The molecule has 0 bridgehead atoms. The quantitative estimate of drug-likeness (QED) is 0.843. The fourth-order valence-electron chi connectivity index (χ4n) is 2.59. The van der Waals surface area contributed by atoms with Gasteiger partial charge in [0.05, 0.1) is 6.54 Å². The Labute approximate surface area is 126 Å². The molecule has 1 aromatic carbocycles. The van der Waals surface area contributed by atoms with Crippen LogP contribution in [0.15, 0.2) is 24.3 Å². The van der Waals surface area contributed by atoms with Gasteiger partial charge in [0.25, 0.3) is 0 Å². The van der Waals surface area contributed by atoms with Crippen LogP contribution in [0.2, 0.25) is 0 Å². The van der Waals surface area contributed by atoms with Gasteiger partial charge >= 0.3 is 0 Å². The Morgan fingerprint density at radius 2 is 1.76 bits per heavy atom. The number of rotatable bonds is 4. The Bertz CT molecular complexity index is 467. The molecule has 1 atom stereocenters. The fraction of sp³-hybridized carbons (Fsp3) is 0.562. The van der Waals surface area contributed by atoms with Gasteiger partial charge in [-0.25, -0.2) is 4.39 Å². The van der Waals surface area contributed by atoms with Crippen LogP contribution >= 0.6 is 0 Å². The van der Waals surface area contributed by atoms with E-state index in [1.165, 1.54) is 12.1 Å². The minimum atomic E-state index is -0.196. The standard InChI is InChI=1S/C16H24FN3O/c1-13(14-4-6-15(17)7-5-14)20-10-8-19(9-11-20)12-16(21)18(2)3/h4-7,13H,8-12H2,1-3H3. The molecule has 2 rings (SSSR count). The predicted octanol–water partition coefficient (Wildman–Crippen LogP) is 1.59. The molecule has 5 heteroatoms. The Morgan fingerprint density at radius 1 is 1.19 bits per heavy atom. The first-order valence-corrected chi connectivity index (χ1v) is 7.39. The van der Waals surface area contributed by atoms with E-state index in [-0.39, 0.29) is 17.8 Å². The molecule has 4 nitrogen and oxygen atoms in total. The summed E-state index contributed by atoms with van der Waals surface area (Å²) in [5.74, 6) is -0.0481. The Morgan fingerprint density at radius 3 is 2.29 bits per heavy atom. The summed E-state index contributed by atoms with van der Waals surface area (Å²) in [6, 6.07) is 7.00. The normalized spacial score (nSPS) is 18.5. The van der Waals surface area contributed by atoms with Gasteiger partial charge in [0.1, 0.15) is 5.82 Å². The number of nitrogens with zero attached hydrogens (tertiary/aromatic N) is 3. The largest absolute Gasteiger partial charge is 0.348 e. The van der Waals surface area contributed by atoms with Crippen molar-refractivity contribution in [3.63, 3.8) is 0 Å². The van der Waals surface area contributed by atoms with Crippen LogP contribution in [0.4, 0.5) is 4.39 Å². The van der Waals surface area contributed by atoms with Crippen LogP contribution in [0, 0.1) is 5.82 Å². The van der Waals surface area contributed by atoms with Crippen LogP contribution in [0.25, 0.3) is 0 Å². The first kappa shape index (κ1) is 15.9. The van der Waals surface area contributed by atoms with Crippen LogP contribution < -0.4 is 0 Å². The van der Waals surface area contributed by atoms with Crippen molar-refractivity contribution in [3.05, 3.63) is 35.6 Å². The minimum absolute atomic E-state index is 0.148. The summed E-state index contributed by atoms with van der Waals surface area (Å²) in [6.07, 6.45) is 0. The number of carbonyl (C=O) groups is 1. The summed E-state index contributed by atoms with van der Waals surface area (Å²) in [5.41, 5.74) is 1.13. The summed E-state index contributed by atoms with van der Waals surface area (Å²) in [5, 5.41) is 0. The summed E-state index contributed by atoms with van der Waals surface area (Å²) < 4.78 is 13.0. The average molecular weight is 293 g/mol. The highest BCUT2D eigenvalue weighted by Crippen LogP contribution is 2.21. The molecule has 1 aliphatic rings. The number of halogens is 1. The molecular formula is C16H24FN3O. The van der Waals surface area contributed by atoms with E-state index in [0.717, 1.165) is 31.7 Å². The zero-order valence-corrected chi connectivity index (χ0v) is 13.1. The van der Waals surface area contributed by atoms with Crippen LogP contribution in [0.3, 0.4) is 0 Å². The minimum Gasteiger partial charge on any atom is -0.348 e. The molecule has 0 aromatic heterocycles. The summed E-state index contributed by atoms with van der Waals surface area (Å²) >= 11 is 0. The first-order chi connectivity index (χ1) is 9.97. The SMILES string of the molecule is CC(c1ccc(F)cc1)N1CCN(CC(=O)N(C)C)CC1. The number of piperazine rings is 1. The van der Waals surface area contributed by atoms with Crippen molar-refractivity contribution >= 4 is 5.91 Å². The second-order valence-electron chi connectivity index (χ2n) is 5.83.